The van der Waals surface area contributed by atoms with Gasteiger partial charge in [-0.3, -0.25) is 14.6 Å². The molecule has 0 radical (unpaired) electrons. The van der Waals surface area contributed by atoms with E-state index in [1.807, 2.05) is 29.6 Å². The van der Waals surface area contributed by atoms with Crippen LogP contribution in [0.3, 0.4) is 0 Å². The van der Waals surface area contributed by atoms with Gasteiger partial charge in [-0.1, -0.05) is 12.1 Å². The summed E-state index contributed by atoms with van der Waals surface area (Å²) in [5.74, 6) is -0.216. The van der Waals surface area contributed by atoms with Crippen LogP contribution in [0, 0.1) is 5.92 Å². The summed E-state index contributed by atoms with van der Waals surface area (Å²) in [5, 5.41) is 18.4. The number of fused-ring (bicyclic) bond motifs is 2. The number of methoxy groups -OCH3 is 1. The van der Waals surface area contributed by atoms with Gasteiger partial charge in [-0.2, -0.15) is 0 Å². The number of aliphatic hydroxyl groups is 1. The predicted octanol–water partition coefficient (Wildman–Crippen LogP) is 4.30. The number of anilines is 1. The lowest BCUT2D eigenvalue weighted by Gasteiger charge is -2.30. The van der Waals surface area contributed by atoms with Gasteiger partial charge in [0.2, 0.25) is 5.91 Å². The summed E-state index contributed by atoms with van der Waals surface area (Å²) < 4.78 is 12.6. The first-order chi connectivity index (χ1) is 21.6. The third-order valence-electron chi connectivity index (χ3n) is 9.19. The highest BCUT2D eigenvalue weighted by molar-refractivity contribution is 7.17. The summed E-state index contributed by atoms with van der Waals surface area (Å²) in [4.78, 5) is 35.8. The van der Waals surface area contributed by atoms with Crippen LogP contribution in [0.2, 0.25) is 0 Å². The maximum atomic E-state index is 13.6. The quantitative estimate of drug-likeness (QED) is 0.151. The fraction of sp³-hybridized carbons (Fsp3) is 0.353. The van der Waals surface area contributed by atoms with Crippen molar-refractivity contribution in [2.24, 2.45) is 16.6 Å². The third kappa shape index (κ3) is 5.19. The molecule has 0 bridgehead atoms. The highest BCUT2D eigenvalue weighted by Crippen LogP contribution is 2.50. The van der Waals surface area contributed by atoms with E-state index in [1.165, 1.54) is 7.11 Å². The Bertz CT molecular complexity index is 1880. The number of carbonyl (C=O) groups is 2. The van der Waals surface area contributed by atoms with Crippen LogP contribution < -0.4 is 26.3 Å². The fourth-order valence-corrected chi connectivity index (χ4v) is 6.72. The summed E-state index contributed by atoms with van der Waals surface area (Å²) in [7, 11) is 1.50. The lowest BCUT2D eigenvalue weighted by molar-refractivity contribution is -0.123. The number of pyridine rings is 1. The second kappa shape index (κ2) is 10.8. The van der Waals surface area contributed by atoms with E-state index in [0.29, 0.717) is 51.3 Å². The average molecular weight is 626 g/mol. The number of nitrogen functional groups attached to an aromatic ring is 1. The van der Waals surface area contributed by atoms with Crippen molar-refractivity contribution in [3.63, 3.8) is 0 Å². The van der Waals surface area contributed by atoms with Crippen molar-refractivity contribution >= 4 is 45.1 Å². The minimum atomic E-state index is -1.51. The number of aliphatic imine (C=N–C) groups is 1. The monoisotopic (exact) mass is 625 g/mol. The van der Waals surface area contributed by atoms with E-state index in [2.05, 4.69) is 10.3 Å². The Labute approximate surface area is 264 Å². The Morgan fingerprint density at radius 2 is 2.02 bits per heavy atom. The number of rotatable bonds is 10. The zero-order valence-electron chi connectivity index (χ0n) is 25.1. The molecule has 4 aromatic rings. The Morgan fingerprint density at radius 3 is 2.73 bits per heavy atom. The van der Waals surface area contributed by atoms with Gasteiger partial charge in [-0.15, -0.1) is 11.3 Å². The molecule has 2 aromatic carbocycles. The van der Waals surface area contributed by atoms with Crippen LogP contribution in [-0.2, 0) is 15.8 Å². The van der Waals surface area contributed by atoms with Crippen LogP contribution in [0.4, 0.5) is 5.69 Å². The molecule has 3 aliphatic rings. The van der Waals surface area contributed by atoms with E-state index < -0.39 is 22.8 Å². The summed E-state index contributed by atoms with van der Waals surface area (Å²) >= 11 is 1.62. The Balaban J connectivity index is 1.26. The second-order valence-corrected chi connectivity index (χ2v) is 13.4. The minimum Gasteiger partial charge on any atom is -0.495 e. The molecule has 2 saturated carbocycles. The van der Waals surface area contributed by atoms with Crippen molar-refractivity contribution in [1.29, 1.82) is 0 Å². The van der Waals surface area contributed by atoms with Gasteiger partial charge in [0.25, 0.3) is 5.91 Å². The number of carbonyl (C=O) groups excluding carboxylic acids is 2. The molecule has 2 atom stereocenters. The zero-order valence-corrected chi connectivity index (χ0v) is 25.9. The van der Waals surface area contributed by atoms with Crippen molar-refractivity contribution in [2.45, 2.75) is 49.7 Å². The summed E-state index contributed by atoms with van der Waals surface area (Å²) in [5.41, 5.74) is 13.1. The van der Waals surface area contributed by atoms with E-state index in [9.17, 15) is 14.7 Å². The minimum absolute atomic E-state index is 0.0704. The van der Waals surface area contributed by atoms with Crippen molar-refractivity contribution in [3.8, 4) is 22.8 Å². The number of ether oxygens (including phenoxy) is 2. The van der Waals surface area contributed by atoms with E-state index in [-0.39, 0.29) is 19.1 Å². The van der Waals surface area contributed by atoms with Gasteiger partial charge < -0.3 is 31.4 Å². The average Bonchev–Trinajstić information content (AvgIpc) is 3.98. The number of nitrogens with zero attached hydrogens (tertiary/aromatic N) is 2. The normalized spacial score (nSPS) is 20.5. The maximum Gasteiger partial charge on any atom is 0.251 e. The smallest absolute Gasteiger partial charge is 0.251 e. The van der Waals surface area contributed by atoms with Gasteiger partial charge in [0.05, 0.1) is 31.1 Å². The number of primary amides is 1. The van der Waals surface area contributed by atoms with Crippen LogP contribution in [0.1, 0.15) is 59.8 Å². The first kappa shape index (κ1) is 29.2. The predicted molar refractivity (Wildman–Crippen MR) is 174 cm³/mol. The number of benzene rings is 2. The molecule has 6 N–H and O–H groups in total. The number of amides is 2. The SMILES string of the molecule is COc1cc(C(=O)NC[C@](O)(c2cc3c(c(-c4ccc5ccsc5c4)n2)OC[C@]3(C)C(N)=O)C2CC2)cc(C=NC2CC2)c1N. The zero-order chi connectivity index (χ0) is 31.5. The van der Waals surface area contributed by atoms with Gasteiger partial charge in [-0.25, -0.2) is 4.98 Å². The van der Waals surface area contributed by atoms with Gasteiger partial charge in [0.15, 0.2) is 0 Å². The number of thiophene rings is 1. The summed E-state index contributed by atoms with van der Waals surface area (Å²) in [6, 6.07) is 13.3. The number of nitrogens with two attached hydrogens (primary N) is 2. The number of hydrogen-bond donors (Lipinski definition) is 4. The summed E-state index contributed by atoms with van der Waals surface area (Å²) in [6.07, 6.45) is 5.30. The first-order valence-corrected chi connectivity index (χ1v) is 16.0. The molecule has 0 saturated heterocycles. The number of hydrogen-bond acceptors (Lipinski definition) is 9. The molecule has 7 rings (SSSR count). The molecule has 11 heteroatoms. The third-order valence-corrected chi connectivity index (χ3v) is 10.1. The molecule has 2 aliphatic carbocycles. The molecule has 2 amide bonds. The molecule has 10 nitrogen and oxygen atoms in total. The van der Waals surface area contributed by atoms with Crippen molar-refractivity contribution in [1.82, 2.24) is 10.3 Å². The maximum absolute atomic E-state index is 13.6. The van der Waals surface area contributed by atoms with Crippen LogP contribution >= 0.6 is 11.3 Å². The molecule has 1 aliphatic heterocycles. The largest absolute Gasteiger partial charge is 0.495 e. The van der Waals surface area contributed by atoms with Gasteiger partial charge >= 0.3 is 0 Å². The molecule has 232 valence electrons. The number of aromatic nitrogens is 1. The highest BCUT2D eigenvalue weighted by Gasteiger charge is 2.50. The molecule has 0 spiro atoms. The van der Waals surface area contributed by atoms with E-state index in [0.717, 1.165) is 41.3 Å². The van der Waals surface area contributed by atoms with Crippen LogP contribution in [-0.4, -0.2) is 54.4 Å². The molecule has 2 fully saturated rings. The fourth-order valence-electron chi connectivity index (χ4n) is 5.89. The van der Waals surface area contributed by atoms with Crippen LogP contribution in [0.5, 0.6) is 11.5 Å². The van der Waals surface area contributed by atoms with E-state index in [1.54, 1.807) is 42.7 Å². The van der Waals surface area contributed by atoms with Crippen molar-refractivity contribution < 1.29 is 24.2 Å². The number of nitrogens with one attached hydrogen (secondary N) is 1. The van der Waals surface area contributed by atoms with Gasteiger partial charge in [0, 0.05) is 33.2 Å². The standard InChI is InChI=1S/C34H35N5O5S/c1-33(32(36)41)17-44-30-24(33)14-27(39-29(30)19-4-3-18-9-10-45-26(18)13-19)34(42,22-5-6-22)16-38-31(40)20-11-21(15-37-23-7-8-23)28(35)25(12-20)43-2/h3-4,9-15,22-23,42H,5-8,16-17,35H2,1-2H3,(H2,36,41)(H,38,40)/t33-,34+/m0/s1. The Hall–Kier alpha value is -4.48. The van der Waals surface area contributed by atoms with Crippen LogP contribution in [0.25, 0.3) is 21.3 Å². The second-order valence-electron chi connectivity index (χ2n) is 12.5. The molecule has 3 heterocycles. The molecule has 2 aromatic heterocycles. The summed E-state index contributed by atoms with van der Waals surface area (Å²) in [6.45, 7) is 1.72. The van der Waals surface area contributed by atoms with E-state index in [4.69, 9.17) is 25.9 Å². The molecular formula is C34H35N5O5S. The Morgan fingerprint density at radius 1 is 1.22 bits per heavy atom. The first-order valence-electron chi connectivity index (χ1n) is 15.1. The molecule has 0 unspecified atom stereocenters. The highest BCUT2D eigenvalue weighted by atomic mass is 32.1. The molecular weight excluding hydrogens is 590 g/mol. The Kier molecular flexibility index (Phi) is 7.05. The lowest BCUT2D eigenvalue weighted by atomic mass is 9.81. The van der Waals surface area contributed by atoms with Gasteiger partial charge in [-0.05, 0) is 79.6 Å². The lowest BCUT2D eigenvalue weighted by Crippen LogP contribution is -2.44. The van der Waals surface area contributed by atoms with Crippen LogP contribution in [0.15, 0.2) is 52.8 Å². The van der Waals surface area contributed by atoms with E-state index >= 15 is 0 Å². The van der Waals surface area contributed by atoms with Crippen molar-refractivity contribution in [3.05, 3.63) is 70.2 Å². The van der Waals surface area contributed by atoms with Crippen molar-refractivity contribution in [2.75, 3.05) is 26.0 Å². The molecule has 45 heavy (non-hydrogen) atoms. The van der Waals surface area contributed by atoms with Gasteiger partial charge in [0.1, 0.15) is 34.8 Å². The topological polar surface area (TPSA) is 162 Å².